The fraction of sp³-hybridized carbons (Fsp3) is 0.406. The highest BCUT2D eigenvalue weighted by Gasteiger charge is 2.30. The Balaban J connectivity index is 0.000000161. The fourth-order valence-corrected chi connectivity index (χ4v) is 14.8. The lowest BCUT2D eigenvalue weighted by atomic mass is 10.1. The molecule has 0 amide bonds. The fourth-order valence-electron chi connectivity index (χ4n) is 14.4. The number of hydrogen-bond acceptors (Lipinski definition) is 35. The second kappa shape index (κ2) is 53.7. The number of pyridine rings is 7. The molecule has 9 N–H and O–H groups in total. The van der Waals surface area contributed by atoms with E-state index in [-0.39, 0.29) is 11.9 Å². The molecule has 752 valence electrons. The van der Waals surface area contributed by atoms with Crippen molar-refractivity contribution in [2.45, 2.75) is 150 Å². The van der Waals surface area contributed by atoms with Gasteiger partial charge in [0.15, 0.2) is 11.7 Å². The maximum atomic E-state index is 11.2. The lowest BCUT2D eigenvalue weighted by Crippen LogP contribution is -2.04. The molecule has 0 saturated heterocycles. The zero-order valence-corrected chi connectivity index (χ0v) is 87.7. The van der Waals surface area contributed by atoms with E-state index >= 15 is 0 Å². The van der Waals surface area contributed by atoms with Crippen molar-refractivity contribution in [3.63, 3.8) is 0 Å². The Kier molecular flexibility index (Phi) is 41.1. The first-order valence-electron chi connectivity index (χ1n) is 47.1. The third kappa shape index (κ3) is 32.9. The molecular weight excluding hydrogens is 1870 g/mol. The van der Waals surface area contributed by atoms with Crippen molar-refractivity contribution >= 4 is 104 Å². The molecule has 0 atom stereocenters. The van der Waals surface area contributed by atoms with Crippen LogP contribution in [0, 0.1) is 48.5 Å². The van der Waals surface area contributed by atoms with E-state index in [1.54, 1.807) is 48.3 Å². The molecule has 2 aliphatic heterocycles. The monoisotopic (exact) mass is 2000 g/mol. The molecule has 0 bridgehead atoms. The number of rotatable bonds is 22. The van der Waals surface area contributed by atoms with Crippen LogP contribution in [-0.2, 0) is 57.6 Å². The summed E-state index contributed by atoms with van der Waals surface area (Å²) in [5.74, 6) is 14.5. The minimum Gasteiger partial charge on any atom is -0.465 e. The lowest BCUT2D eigenvalue weighted by Gasteiger charge is -2.04. The van der Waals surface area contributed by atoms with E-state index in [2.05, 4.69) is 205 Å². The van der Waals surface area contributed by atoms with Crippen molar-refractivity contribution in [3.8, 4) is 33.9 Å². The van der Waals surface area contributed by atoms with Gasteiger partial charge in [-0.2, -0.15) is 25.4 Å². The Bertz CT molecular complexity index is 6270. The number of esters is 2. The van der Waals surface area contributed by atoms with Crippen molar-refractivity contribution in [2.24, 2.45) is 50.2 Å². The van der Waals surface area contributed by atoms with Crippen LogP contribution in [0.1, 0.15) is 195 Å². The molecule has 4 aliphatic carbocycles. The summed E-state index contributed by atoms with van der Waals surface area (Å²) in [6.45, 7) is 18.8. The molecule has 0 radical (unpaired) electrons. The van der Waals surface area contributed by atoms with Crippen LogP contribution in [0.25, 0.3) is 39.5 Å². The summed E-state index contributed by atoms with van der Waals surface area (Å²) < 4.78 is 29.2. The number of hydrogen-bond donors (Lipinski definition) is 9. The molecule has 41 heteroatoms. The minimum absolute atomic E-state index is 0.305. The molecule has 14 aromatic rings. The summed E-state index contributed by atoms with van der Waals surface area (Å²) >= 11 is 3.23. The number of carbonyl (C=O) groups excluding carboxylic acids is 2. The van der Waals surface area contributed by atoms with Gasteiger partial charge in [-0.1, -0.05) is 30.2 Å². The Morgan fingerprint density at radius 2 is 0.852 bits per heavy atom. The van der Waals surface area contributed by atoms with E-state index in [1.165, 1.54) is 99.5 Å². The Morgan fingerprint density at radius 1 is 0.437 bits per heavy atom. The SMILES string of the molecule is CCc1cc(C(=O)OC)cc(Br)n1.CCc1cc(C(=O)OC)cc(C)n1.CNc1cc(-c2c(C)noc2C)ccn1.CNc1cc(-c2nnnn2C)cc(C)n1.CNc1cc(-c2noc(C)n2)cc(C)n1.CNc1cc(C2=CCN=C2)ccn1.CNc1cc(C2=NCC=N2)cc(C)n1.CNc1cc(C2CC2)nn1C.CNc1cc(C2CC2)nn1C.CNc1cc(C2CC2)nn1C.CNc1cc(C2CC2)nn1C. The summed E-state index contributed by atoms with van der Waals surface area (Å²) in [5, 5.41) is 64.1. The maximum Gasteiger partial charge on any atom is 0.338 e. The number of methoxy groups -OCH3 is 2. The average Bonchev–Trinajstić information content (AvgIpc) is 1.64. The van der Waals surface area contributed by atoms with Crippen molar-refractivity contribution in [1.29, 1.82) is 0 Å². The van der Waals surface area contributed by atoms with E-state index in [4.69, 9.17) is 9.05 Å². The van der Waals surface area contributed by atoms with Crippen LogP contribution >= 0.6 is 15.9 Å². The standard InChI is InChI=1S/C11H13N3O.C10H12N4O.C10H12N4.C10H11N3.C10H13NO2.C9H10BrNO2.C9H12N6.4C8H13N3/c1-7-11(8(2)15-14-7)9-4-5-13-10(6-9)12-3;1-6-4-8(5-9(11-3)12-6)10-13-7(2)15-14-10;1-7-5-8(6-9(11-2)14-7)10-12-3-4-13-10;1-11-10-6-8(3-5-13-10)9-2-4-12-7-9;1-4-9-6-8(10(12)13-3)5-7(2)11-9;1-3-7-4-6(9(12)13-2)5-8(10)11-7;1-6-4-7(5-8(10-2)11-6)9-12-13-14-15(9)3;4*1-9-8-5-7(6-3-4-6)10-11(8)2/h4-6H,1-3H3,(H,12,13);4-5H,1-3H3,(H,11,12);3,5-6H,4H2,1-2H3,(H,11,14);2-3,5-7H,4H2,1H3,(H,11,13);5-6H,4H2,1-3H3;4-5H,3H2,1-2H3;4-5H,1-3H3,(H,10,11);4*5-6,9H,3-4H2,1-2H3. The lowest BCUT2D eigenvalue weighted by molar-refractivity contribution is 0.0591. The van der Waals surface area contributed by atoms with Gasteiger partial charge in [0.1, 0.15) is 62.7 Å². The number of aryl methyl sites for hydroxylation is 14. The van der Waals surface area contributed by atoms with Crippen LogP contribution in [0.4, 0.5) is 52.4 Å². The summed E-state index contributed by atoms with van der Waals surface area (Å²) in [6.07, 6.45) is 21.6. The summed E-state index contributed by atoms with van der Waals surface area (Å²) in [7, 11) is 29.4. The summed E-state index contributed by atoms with van der Waals surface area (Å²) in [5.41, 5.74) is 19.8. The number of tetrazole rings is 1. The number of anilines is 9. The maximum absolute atomic E-state index is 11.2. The predicted octanol–water partition coefficient (Wildman–Crippen LogP) is 17.0. The second-order valence-corrected chi connectivity index (χ2v) is 34.4. The first-order chi connectivity index (χ1) is 68.4. The number of aromatic nitrogens is 22. The number of amidine groups is 1. The number of nitrogens with zero attached hydrogens (tertiary/aromatic N) is 25. The number of halogens is 1. The minimum atomic E-state index is -0.335. The van der Waals surface area contributed by atoms with Gasteiger partial charge in [-0.05, 0) is 234 Å². The van der Waals surface area contributed by atoms with Gasteiger partial charge in [0.05, 0.1) is 66.9 Å². The second-order valence-electron chi connectivity index (χ2n) is 33.6. The van der Waals surface area contributed by atoms with Crippen molar-refractivity contribution in [2.75, 3.05) is 139 Å². The van der Waals surface area contributed by atoms with Crippen LogP contribution in [0.2, 0.25) is 0 Å². The van der Waals surface area contributed by atoms with E-state index in [0.29, 0.717) is 34.0 Å². The smallest absolute Gasteiger partial charge is 0.338 e. The van der Waals surface area contributed by atoms with Gasteiger partial charge in [0.25, 0.3) is 0 Å². The van der Waals surface area contributed by atoms with E-state index < -0.39 is 0 Å². The molecule has 14 aromatic heterocycles. The van der Waals surface area contributed by atoms with Crippen LogP contribution < -0.4 is 47.9 Å². The van der Waals surface area contributed by atoms with Crippen molar-refractivity contribution < 1.29 is 28.1 Å². The molecule has 4 saturated carbocycles. The zero-order chi connectivity index (χ0) is 103. The molecule has 0 unspecified atom stereocenters. The molecular formula is C101H135BrN34O6. The first-order valence-corrected chi connectivity index (χ1v) is 47.9. The summed E-state index contributed by atoms with van der Waals surface area (Å²) in [6, 6.07) is 35.0. The van der Waals surface area contributed by atoms with Gasteiger partial charge in [-0.15, -0.1) is 5.10 Å². The number of allylic oxidation sites excluding steroid dienone is 1. The number of carbonyl (C=O) groups is 2. The first kappa shape index (κ1) is 109. The third-order valence-corrected chi connectivity index (χ3v) is 22.9. The zero-order valence-electron chi connectivity index (χ0n) is 86.1. The van der Waals surface area contributed by atoms with Gasteiger partial charge in [-0.25, -0.2) is 49.2 Å². The number of ether oxygens (including phenoxy) is 2. The Hall–Kier alpha value is -15.3. The highest BCUT2D eigenvalue weighted by molar-refractivity contribution is 9.10. The van der Waals surface area contributed by atoms with Crippen LogP contribution in [0.15, 0.2) is 156 Å². The average molecular weight is 2000 g/mol. The van der Waals surface area contributed by atoms with Crippen LogP contribution in [-0.4, -0.2) is 230 Å². The molecule has 0 aromatic carbocycles. The Labute approximate surface area is 838 Å². The molecule has 20 rings (SSSR count). The van der Waals surface area contributed by atoms with Crippen molar-refractivity contribution in [1.82, 2.24) is 110 Å². The highest BCUT2D eigenvalue weighted by Crippen LogP contribution is 2.43. The van der Waals surface area contributed by atoms with E-state index in [9.17, 15) is 9.59 Å². The van der Waals surface area contributed by atoms with Crippen molar-refractivity contribution in [3.05, 3.63) is 229 Å². The molecule has 16 heterocycles. The third-order valence-electron chi connectivity index (χ3n) is 22.4. The quantitative estimate of drug-likeness (QED) is 0.0225. The molecule has 142 heavy (non-hydrogen) atoms. The van der Waals surface area contributed by atoms with Gasteiger partial charge < -0.3 is 66.4 Å². The van der Waals surface area contributed by atoms with Gasteiger partial charge in [0, 0.05) is 235 Å². The molecule has 4 fully saturated rings. The topological polar surface area (TPSA) is 468 Å². The van der Waals surface area contributed by atoms with Gasteiger partial charge in [0.2, 0.25) is 11.7 Å². The molecule has 0 spiro atoms. The van der Waals surface area contributed by atoms with Crippen LogP contribution in [0.3, 0.4) is 0 Å². The normalized spacial score (nSPS) is 13.0. The summed E-state index contributed by atoms with van der Waals surface area (Å²) in [4.78, 5) is 68.7. The number of aliphatic imine (C=N–C) groups is 3. The highest BCUT2D eigenvalue weighted by atomic mass is 79.9. The number of nitrogens with one attached hydrogen (secondary N) is 9. The van der Waals surface area contributed by atoms with Gasteiger partial charge >= 0.3 is 11.9 Å². The van der Waals surface area contributed by atoms with E-state index in [1.807, 2.05) is 246 Å². The largest absolute Gasteiger partial charge is 0.465 e. The van der Waals surface area contributed by atoms with E-state index in [0.717, 1.165) is 181 Å². The molecule has 40 nitrogen and oxygen atoms in total. The van der Waals surface area contributed by atoms with Crippen LogP contribution in [0.5, 0.6) is 0 Å². The Morgan fingerprint density at radius 3 is 1.23 bits per heavy atom. The molecule has 6 aliphatic rings. The predicted molar refractivity (Wildman–Crippen MR) is 566 cm³/mol. The van der Waals surface area contributed by atoms with Gasteiger partial charge in [-0.3, -0.25) is 33.7 Å².